The van der Waals surface area contributed by atoms with Crippen molar-refractivity contribution in [3.05, 3.63) is 27.6 Å². The Balaban J connectivity index is 2.87. The third-order valence-corrected chi connectivity index (χ3v) is 2.22. The van der Waals surface area contributed by atoms with Crippen molar-refractivity contribution in [2.45, 2.75) is 0 Å². The quantitative estimate of drug-likeness (QED) is 0.241. The summed E-state index contributed by atoms with van der Waals surface area (Å²) in [5.74, 6) is 5.11. The zero-order chi connectivity index (χ0) is 10.6. The van der Waals surface area contributed by atoms with E-state index in [0.29, 0.717) is 11.6 Å². The molecule has 14 heavy (non-hydrogen) atoms. The summed E-state index contributed by atoms with van der Waals surface area (Å²) in [5, 5.41) is 2.71. The summed E-state index contributed by atoms with van der Waals surface area (Å²) < 4.78 is 14.1. The lowest BCUT2D eigenvalue weighted by molar-refractivity contribution is 0.631. The molecule has 6 heteroatoms. The molecule has 0 saturated carbocycles. The van der Waals surface area contributed by atoms with E-state index in [9.17, 15) is 4.39 Å². The van der Waals surface area contributed by atoms with Gasteiger partial charge < -0.3 is 5.32 Å². The highest BCUT2D eigenvalue weighted by molar-refractivity contribution is 14.1. The van der Waals surface area contributed by atoms with Gasteiger partial charge >= 0.3 is 0 Å². The molecular formula is C8H10FIN4. The molecule has 0 spiro atoms. The number of hydrogen-bond acceptors (Lipinski definition) is 2. The van der Waals surface area contributed by atoms with Crippen LogP contribution in [0.25, 0.3) is 0 Å². The van der Waals surface area contributed by atoms with Gasteiger partial charge in [0.1, 0.15) is 5.82 Å². The van der Waals surface area contributed by atoms with Gasteiger partial charge in [0.25, 0.3) is 0 Å². The molecule has 1 rings (SSSR count). The van der Waals surface area contributed by atoms with Crippen molar-refractivity contribution in [1.82, 2.24) is 5.43 Å². The molecule has 0 amide bonds. The third kappa shape index (κ3) is 2.81. The van der Waals surface area contributed by atoms with Gasteiger partial charge in [-0.2, -0.15) is 0 Å². The van der Waals surface area contributed by atoms with E-state index >= 15 is 0 Å². The van der Waals surface area contributed by atoms with Crippen molar-refractivity contribution in [2.24, 2.45) is 10.8 Å². The Labute approximate surface area is 94.9 Å². The van der Waals surface area contributed by atoms with E-state index in [4.69, 9.17) is 5.84 Å². The second-order valence-electron chi connectivity index (χ2n) is 2.47. The second-order valence-corrected chi connectivity index (χ2v) is 3.71. The van der Waals surface area contributed by atoms with Crippen LogP contribution in [0.2, 0.25) is 0 Å². The zero-order valence-electron chi connectivity index (χ0n) is 7.51. The molecule has 1 aromatic rings. The Morgan fingerprint density at radius 1 is 1.57 bits per heavy atom. The number of benzene rings is 1. The monoisotopic (exact) mass is 308 g/mol. The van der Waals surface area contributed by atoms with Crippen LogP contribution in [-0.2, 0) is 0 Å². The molecule has 4 N–H and O–H groups in total. The van der Waals surface area contributed by atoms with Crippen LogP contribution in [-0.4, -0.2) is 13.0 Å². The normalized spacial score (nSPS) is 11.3. The molecule has 0 bridgehead atoms. The minimum absolute atomic E-state index is 0.310. The van der Waals surface area contributed by atoms with Crippen LogP contribution in [0.4, 0.5) is 10.1 Å². The topological polar surface area (TPSA) is 62.4 Å². The largest absolute Gasteiger partial charge is 0.323 e. The van der Waals surface area contributed by atoms with Gasteiger partial charge in [-0.25, -0.2) is 10.2 Å². The second kappa shape index (κ2) is 5.11. The van der Waals surface area contributed by atoms with Gasteiger partial charge in [0.15, 0.2) is 0 Å². The number of hydrogen-bond donors (Lipinski definition) is 3. The highest BCUT2D eigenvalue weighted by atomic mass is 127. The van der Waals surface area contributed by atoms with E-state index in [1.807, 2.05) is 22.6 Å². The lowest BCUT2D eigenvalue weighted by Gasteiger charge is -2.08. The summed E-state index contributed by atoms with van der Waals surface area (Å²) in [5.41, 5.74) is 2.65. The van der Waals surface area contributed by atoms with Gasteiger partial charge in [-0.05, 0) is 40.8 Å². The van der Waals surface area contributed by atoms with Crippen LogP contribution in [0.3, 0.4) is 0 Å². The first-order valence-corrected chi connectivity index (χ1v) is 4.90. The number of rotatable bonds is 1. The van der Waals surface area contributed by atoms with Crippen molar-refractivity contribution in [1.29, 1.82) is 0 Å². The highest BCUT2D eigenvalue weighted by Crippen LogP contribution is 2.16. The Morgan fingerprint density at radius 2 is 2.29 bits per heavy atom. The van der Waals surface area contributed by atoms with Crippen LogP contribution in [0, 0.1) is 9.39 Å². The van der Waals surface area contributed by atoms with Crippen molar-refractivity contribution < 1.29 is 4.39 Å². The molecule has 0 fully saturated rings. The number of nitrogens with zero attached hydrogens (tertiary/aromatic N) is 1. The lowest BCUT2D eigenvalue weighted by Crippen LogP contribution is -2.36. The number of nitrogens with one attached hydrogen (secondary N) is 2. The molecule has 0 heterocycles. The van der Waals surface area contributed by atoms with Crippen molar-refractivity contribution in [3.8, 4) is 0 Å². The molecule has 0 aliphatic rings. The maximum atomic E-state index is 13.3. The Hall–Kier alpha value is -0.890. The summed E-state index contributed by atoms with van der Waals surface area (Å²) in [6.07, 6.45) is 0. The molecule has 0 aromatic heterocycles. The Morgan fingerprint density at radius 3 is 2.79 bits per heavy atom. The number of hydrazine groups is 1. The summed E-state index contributed by atoms with van der Waals surface area (Å²) in [4.78, 5) is 3.77. The van der Waals surface area contributed by atoms with Gasteiger partial charge in [0.05, 0.1) is 5.69 Å². The first-order chi connectivity index (χ1) is 6.67. The molecule has 0 saturated heterocycles. The van der Waals surface area contributed by atoms with E-state index in [-0.39, 0.29) is 5.82 Å². The van der Waals surface area contributed by atoms with Crippen molar-refractivity contribution >= 4 is 34.2 Å². The molecule has 1 aromatic carbocycles. The summed E-state index contributed by atoms with van der Waals surface area (Å²) >= 11 is 2.04. The standard InChI is InChI=1S/C8H10FIN4/c1-12-8(14-11)13-7-3-2-5(10)4-6(7)9/h2-4H,11H2,1H3,(H2,12,13,14). The fourth-order valence-electron chi connectivity index (χ4n) is 0.875. The Kier molecular flexibility index (Phi) is 4.08. The number of halogens is 2. The number of guanidine groups is 1. The van der Waals surface area contributed by atoms with Gasteiger partial charge in [0.2, 0.25) is 5.96 Å². The SMILES string of the molecule is CN=C(NN)Nc1ccc(I)cc1F. The first kappa shape index (κ1) is 11.2. The van der Waals surface area contributed by atoms with Crippen molar-refractivity contribution in [3.63, 3.8) is 0 Å². The smallest absolute Gasteiger partial charge is 0.210 e. The fourth-order valence-corrected chi connectivity index (χ4v) is 1.33. The van der Waals surface area contributed by atoms with E-state index in [0.717, 1.165) is 3.57 Å². The molecular weight excluding hydrogens is 298 g/mol. The summed E-state index contributed by atoms with van der Waals surface area (Å²) in [6.45, 7) is 0. The van der Waals surface area contributed by atoms with Gasteiger partial charge in [-0.1, -0.05) is 0 Å². The van der Waals surface area contributed by atoms with Gasteiger partial charge in [-0.15, -0.1) is 0 Å². The summed E-state index contributed by atoms with van der Waals surface area (Å²) in [7, 11) is 1.55. The van der Waals surface area contributed by atoms with E-state index in [1.54, 1.807) is 19.2 Å². The van der Waals surface area contributed by atoms with Crippen LogP contribution in [0.1, 0.15) is 0 Å². The third-order valence-electron chi connectivity index (χ3n) is 1.54. The van der Waals surface area contributed by atoms with Gasteiger partial charge in [-0.3, -0.25) is 10.4 Å². The predicted molar refractivity (Wildman–Crippen MR) is 63.4 cm³/mol. The molecule has 0 atom stereocenters. The minimum Gasteiger partial charge on any atom is -0.323 e. The maximum absolute atomic E-state index is 13.3. The van der Waals surface area contributed by atoms with E-state index < -0.39 is 0 Å². The molecule has 0 unspecified atom stereocenters. The Bertz CT molecular complexity index is 353. The predicted octanol–water partition coefficient (Wildman–Crippen LogP) is 1.29. The molecule has 0 radical (unpaired) electrons. The summed E-state index contributed by atoms with van der Waals surface area (Å²) in [6, 6.07) is 4.84. The van der Waals surface area contributed by atoms with E-state index in [2.05, 4.69) is 15.7 Å². The van der Waals surface area contributed by atoms with Crippen LogP contribution in [0.5, 0.6) is 0 Å². The van der Waals surface area contributed by atoms with E-state index in [1.165, 1.54) is 6.07 Å². The average molecular weight is 308 g/mol. The molecule has 0 aliphatic carbocycles. The number of aliphatic imine (C=N–C) groups is 1. The maximum Gasteiger partial charge on any atom is 0.210 e. The van der Waals surface area contributed by atoms with Crippen LogP contribution < -0.4 is 16.6 Å². The average Bonchev–Trinajstić information content (AvgIpc) is 2.17. The molecule has 4 nitrogen and oxygen atoms in total. The zero-order valence-corrected chi connectivity index (χ0v) is 9.67. The lowest BCUT2D eigenvalue weighted by atomic mass is 10.3. The number of anilines is 1. The first-order valence-electron chi connectivity index (χ1n) is 3.83. The number of nitrogens with two attached hydrogens (primary N) is 1. The minimum atomic E-state index is -0.340. The highest BCUT2D eigenvalue weighted by Gasteiger charge is 2.03. The molecule has 0 aliphatic heterocycles. The van der Waals surface area contributed by atoms with Crippen molar-refractivity contribution in [2.75, 3.05) is 12.4 Å². The molecule has 76 valence electrons. The van der Waals surface area contributed by atoms with Gasteiger partial charge in [0, 0.05) is 10.6 Å². The van der Waals surface area contributed by atoms with Crippen LogP contribution >= 0.6 is 22.6 Å². The van der Waals surface area contributed by atoms with Crippen LogP contribution in [0.15, 0.2) is 23.2 Å². The fraction of sp³-hybridized carbons (Fsp3) is 0.125.